The van der Waals surface area contributed by atoms with E-state index in [0.29, 0.717) is 24.6 Å². The number of hydrogen-bond acceptors (Lipinski definition) is 5. The molecule has 6 heteroatoms. The highest BCUT2D eigenvalue weighted by molar-refractivity contribution is 6.34. The number of ether oxygens (including phenoxy) is 1. The van der Waals surface area contributed by atoms with Crippen molar-refractivity contribution in [1.29, 1.82) is 0 Å². The molecule has 1 N–H and O–H groups in total. The van der Waals surface area contributed by atoms with Crippen molar-refractivity contribution in [2.45, 2.75) is 26.7 Å². The first-order chi connectivity index (χ1) is 10.7. The van der Waals surface area contributed by atoms with E-state index in [0.717, 1.165) is 23.0 Å². The quantitative estimate of drug-likeness (QED) is 0.788. The second kappa shape index (κ2) is 7.94. The van der Waals surface area contributed by atoms with Crippen molar-refractivity contribution < 1.29 is 9.53 Å². The van der Waals surface area contributed by atoms with E-state index in [1.807, 2.05) is 26.0 Å². The molecule has 0 fully saturated rings. The van der Waals surface area contributed by atoms with Crippen LogP contribution in [0.1, 0.15) is 26.7 Å². The molecule has 1 unspecified atom stereocenters. The number of carbonyl (C=O) groups excluding carboxylic acids is 1. The number of esters is 1. The van der Waals surface area contributed by atoms with E-state index in [-0.39, 0.29) is 11.9 Å². The molecule has 0 aliphatic rings. The molecular weight excluding hydrogens is 302 g/mol. The topological polar surface area (TPSA) is 64.1 Å². The lowest BCUT2D eigenvalue weighted by molar-refractivity contribution is -0.148. The number of nitrogens with zero attached hydrogens (tertiary/aromatic N) is 2. The largest absolute Gasteiger partial charge is 0.466 e. The Morgan fingerprint density at radius 2 is 2.23 bits per heavy atom. The molecule has 22 heavy (non-hydrogen) atoms. The van der Waals surface area contributed by atoms with Crippen LogP contribution in [0.15, 0.2) is 24.7 Å². The summed E-state index contributed by atoms with van der Waals surface area (Å²) in [4.78, 5) is 20.1. The van der Waals surface area contributed by atoms with Gasteiger partial charge in [0.25, 0.3) is 0 Å². The van der Waals surface area contributed by atoms with E-state index in [9.17, 15) is 4.79 Å². The van der Waals surface area contributed by atoms with Crippen LogP contribution in [0.4, 0.5) is 5.69 Å². The van der Waals surface area contributed by atoms with Gasteiger partial charge in [-0.15, -0.1) is 0 Å². The molecule has 118 valence electrons. The first kappa shape index (κ1) is 16.5. The summed E-state index contributed by atoms with van der Waals surface area (Å²) in [6.45, 7) is 4.85. The number of fused-ring (bicyclic) bond motifs is 1. The molecule has 1 heterocycles. The van der Waals surface area contributed by atoms with Crippen LogP contribution in [0.5, 0.6) is 0 Å². The molecule has 0 spiro atoms. The van der Waals surface area contributed by atoms with Crippen LogP contribution in [0, 0.1) is 5.92 Å². The zero-order chi connectivity index (χ0) is 15.9. The van der Waals surface area contributed by atoms with Gasteiger partial charge in [0.1, 0.15) is 6.33 Å². The van der Waals surface area contributed by atoms with E-state index in [1.54, 1.807) is 6.20 Å². The van der Waals surface area contributed by atoms with Gasteiger partial charge in [0, 0.05) is 18.1 Å². The van der Waals surface area contributed by atoms with E-state index in [4.69, 9.17) is 16.3 Å². The summed E-state index contributed by atoms with van der Waals surface area (Å²) < 4.78 is 5.08. The van der Waals surface area contributed by atoms with Crippen LogP contribution in [-0.2, 0) is 9.53 Å². The Morgan fingerprint density at radius 1 is 1.41 bits per heavy atom. The van der Waals surface area contributed by atoms with Gasteiger partial charge < -0.3 is 10.1 Å². The zero-order valence-corrected chi connectivity index (χ0v) is 13.6. The Balaban J connectivity index is 2.05. The molecule has 2 aromatic rings. The van der Waals surface area contributed by atoms with Crippen molar-refractivity contribution in [1.82, 2.24) is 9.97 Å². The number of benzene rings is 1. The fourth-order valence-electron chi connectivity index (χ4n) is 2.33. The van der Waals surface area contributed by atoms with Gasteiger partial charge in [-0.3, -0.25) is 4.79 Å². The maximum atomic E-state index is 11.8. The average Bonchev–Trinajstić information content (AvgIpc) is 2.53. The van der Waals surface area contributed by atoms with Crippen LogP contribution in [0.2, 0.25) is 5.02 Å². The highest BCUT2D eigenvalue weighted by Crippen LogP contribution is 2.29. The molecule has 0 aliphatic heterocycles. The average molecular weight is 322 g/mol. The fourth-order valence-corrected chi connectivity index (χ4v) is 2.56. The second-order valence-corrected chi connectivity index (χ2v) is 5.36. The highest BCUT2D eigenvalue weighted by Gasteiger charge is 2.17. The standard InChI is InChI=1S/C16H20ClN3O2/c1-3-11(16(21)22-4-2)7-8-19-15-12-9-18-10-20-14(12)6-5-13(15)17/h5-6,9-11,19H,3-4,7-8H2,1-2H3. The number of rotatable bonds is 7. The van der Waals surface area contributed by atoms with Gasteiger partial charge in [0.2, 0.25) is 0 Å². The summed E-state index contributed by atoms with van der Waals surface area (Å²) in [7, 11) is 0. The van der Waals surface area contributed by atoms with Gasteiger partial charge in [-0.2, -0.15) is 0 Å². The number of halogens is 1. The Morgan fingerprint density at radius 3 is 2.95 bits per heavy atom. The smallest absolute Gasteiger partial charge is 0.308 e. The minimum atomic E-state index is -0.140. The van der Waals surface area contributed by atoms with E-state index in [2.05, 4.69) is 15.3 Å². The minimum absolute atomic E-state index is 0.0996. The predicted molar refractivity (Wildman–Crippen MR) is 88.1 cm³/mol. The number of aromatic nitrogens is 2. The first-order valence-electron chi connectivity index (χ1n) is 7.46. The zero-order valence-electron chi connectivity index (χ0n) is 12.8. The monoisotopic (exact) mass is 321 g/mol. The Hall–Kier alpha value is -1.88. The third kappa shape index (κ3) is 3.85. The van der Waals surface area contributed by atoms with Crippen molar-refractivity contribution in [3.8, 4) is 0 Å². The lowest BCUT2D eigenvalue weighted by Crippen LogP contribution is -2.20. The summed E-state index contributed by atoms with van der Waals surface area (Å²) in [5, 5.41) is 4.79. The minimum Gasteiger partial charge on any atom is -0.466 e. The van der Waals surface area contributed by atoms with Gasteiger partial charge in [-0.05, 0) is 31.9 Å². The molecule has 1 aromatic heterocycles. The Bertz CT molecular complexity index is 648. The third-order valence-corrected chi connectivity index (χ3v) is 3.86. The molecule has 2 rings (SSSR count). The first-order valence-corrected chi connectivity index (χ1v) is 7.83. The molecule has 0 aliphatic carbocycles. The molecule has 0 saturated heterocycles. The summed E-state index contributed by atoms with van der Waals surface area (Å²) in [5.41, 5.74) is 1.64. The molecule has 0 saturated carbocycles. The van der Waals surface area contributed by atoms with Gasteiger partial charge >= 0.3 is 5.97 Å². The van der Waals surface area contributed by atoms with Crippen molar-refractivity contribution in [2.24, 2.45) is 5.92 Å². The molecule has 1 aromatic carbocycles. The van der Waals surface area contributed by atoms with Gasteiger partial charge in [-0.1, -0.05) is 18.5 Å². The van der Waals surface area contributed by atoms with Crippen molar-refractivity contribution in [3.05, 3.63) is 29.7 Å². The number of carbonyl (C=O) groups is 1. The molecule has 5 nitrogen and oxygen atoms in total. The lowest BCUT2D eigenvalue weighted by Gasteiger charge is -2.15. The molecule has 1 atom stereocenters. The number of anilines is 1. The van der Waals surface area contributed by atoms with Gasteiger partial charge in [-0.25, -0.2) is 9.97 Å². The Kier molecular flexibility index (Phi) is 5.95. The summed E-state index contributed by atoms with van der Waals surface area (Å²) in [5.74, 6) is -0.239. The van der Waals surface area contributed by atoms with Crippen molar-refractivity contribution >= 4 is 34.2 Å². The van der Waals surface area contributed by atoms with Crippen LogP contribution >= 0.6 is 11.6 Å². The van der Waals surface area contributed by atoms with Gasteiger partial charge in [0.15, 0.2) is 0 Å². The van der Waals surface area contributed by atoms with Crippen LogP contribution < -0.4 is 5.32 Å². The molecule has 0 amide bonds. The van der Waals surface area contributed by atoms with E-state index < -0.39 is 0 Å². The maximum Gasteiger partial charge on any atom is 0.308 e. The van der Waals surface area contributed by atoms with Crippen molar-refractivity contribution in [2.75, 3.05) is 18.5 Å². The third-order valence-electron chi connectivity index (χ3n) is 3.55. The molecular formula is C16H20ClN3O2. The van der Waals surface area contributed by atoms with E-state index >= 15 is 0 Å². The lowest BCUT2D eigenvalue weighted by atomic mass is 10.0. The summed E-state index contributed by atoms with van der Waals surface area (Å²) >= 11 is 6.26. The number of nitrogens with one attached hydrogen (secondary N) is 1. The Labute approximate surface area is 135 Å². The van der Waals surface area contributed by atoms with Crippen LogP contribution in [0.3, 0.4) is 0 Å². The SMILES string of the molecule is CCOC(=O)C(CC)CCNc1c(Cl)ccc2ncncc12. The van der Waals surface area contributed by atoms with Crippen LogP contribution in [-0.4, -0.2) is 29.1 Å². The molecule has 0 bridgehead atoms. The fraction of sp³-hybridized carbons (Fsp3) is 0.438. The highest BCUT2D eigenvalue weighted by atomic mass is 35.5. The summed E-state index contributed by atoms with van der Waals surface area (Å²) in [6, 6.07) is 3.67. The summed E-state index contributed by atoms with van der Waals surface area (Å²) in [6.07, 6.45) is 4.69. The number of hydrogen-bond donors (Lipinski definition) is 1. The second-order valence-electron chi connectivity index (χ2n) is 4.95. The maximum absolute atomic E-state index is 11.8. The normalized spacial score (nSPS) is 12.1. The van der Waals surface area contributed by atoms with Crippen LogP contribution in [0.25, 0.3) is 10.9 Å². The molecule has 0 radical (unpaired) electrons. The predicted octanol–water partition coefficient (Wildman–Crippen LogP) is 3.67. The van der Waals surface area contributed by atoms with Gasteiger partial charge in [0.05, 0.1) is 28.8 Å². The van der Waals surface area contributed by atoms with E-state index in [1.165, 1.54) is 6.33 Å². The van der Waals surface area contributed by atoms with Crippen molar-refractivity contribution in [3.63, 3.8) is 0 Å².